The van der Waals surface area contributed by atoms with E-state index in [1.54, 1.807) is 25.2 Å². The van der Waals surface area contributed by atoms with E-state index in [9.17, 15) is 8.42 Å². The molecule has 2 aromatic rings. The molecule has 0 bridgehead atoms. The molecule has 0 saturated carbocycles. The Bertz CT molecular complexity index is 685. The molecule has 0 aliphatic carbocycles. The first-order valence-electron chi connectivity index (χ1n) is 5.34. The van der Waals surface area contributed by atoms with Gasteiger partial charge >= 0.3 is 0 Å². The van der Waals surface area contributed by atoms with Crippen LogP contribution in [0.1, 0.15) is 5.56 Å². The number of rotatable bonds is 4. The van der Waals surface area contributed by atoms with E-state index in [0.29, 0.717) is 11.6 Å². The van der Waals surface area contributed by atoms with Gasteiger partial charge in [0.15, 0.2) is 0 Å². The minimum absolute atomic E-state index is 0.205. The molecule has 7 heteroatoms. The minimum Gasteiger partial charge on any atom is -0.207 e. The summed E-state index contributed by atoms with van der Waals surface area (Å²) in [4.78, 5) is 0.205. The second-order valence-electron chi connectivity index (χ2n) is 3.98. The van der Waals surface area contributed by atoms with Crippen molar-refractivity contribution in [1.82, 2.24) is 4.31 Å². The van der Waals surface area contributed by atoms with Gasteiger partial charge in [0, 0.05) is 18.6 Å². The first-order chi connectivity index (χ1) is 8.89. The molecule has 0 fully saturated rings. The molecule has 0 spiro atoms. The van der Waals surface area contributed by atoms with Gasteiger partial charge < -0.3 is 0 Å². The van der Waals surface area contributed by atoms with E-state index in [0.717, 1.165) is 9.35 Å². The Balaban J connectivity index is 2.24. The zero-order valence-electron chi connectivity index (χ0n) is 10.0. The summed E-state index contributed by atoms with van der Waals surface area (Å²) >= 11 is 10.7. The first-order valence-corrected chi connectivity index (χ1v) is 8.83. The lowest BCUT2D eigenvalue weighted by atomic mass is 10.3. The van der Waals surface area contributed by atoms with Crippen molar-refractivity contribution in [1.29, 1.82) is 0 Å². The topological polar surface area (TPSA) is 37.4 Å². The van der Waals surface area contributed by atoms with Crippen LogP contribution >= 0.6 is 38.9 Å². The van der Waals surface area contributed by atoms with Crippen LogP contribution in [0.3, 0.4) is 0 Å². The number of nitrogens with zero attached hydrogens (tertiary/aromatic N) is 1. The van der Waals surface area contributed by atoms with Gasteiger partial charge in [0.05, 0.1) is 8.68 Å². The fraction of sp³-hybridized carbons (Fsp3) is 0.167. The molecule has 0 aliphatic heterocycles. The highest BCUT2D eigenvalue weighted by molar-refractivity contribution is 9.11. The van der Waals surface area contributed by atoms with Gasteiger partial charge in [-0.15, -0.1) is 11.3 Å². The third kappa shape index (κ3) is 3.58. The summed E-state index contributed by atoms with van der Waals surface area (Å²) < 4.78 is 27.0. The van der Waals surface area contributed by atoms with Gasteiger partial charge in [-0.2, -0.15) is 4.31 Å². The van der Waals surface area contributed by atoms with Gasteiger partial charge in [-0.25, -0.2) is 8.42 Å². The zero-order valence-corrected chi connectivity index (χ0v) is 14.0. The Hall–Kier alpha value is -0.400. The standard InChI is InChI=1S/C12H11BrClNO2S2/c1-15(7-9-5-12(13)18-8-9)19(16,17)11-4-2-3-10(14)6-11/h2-6,8H,7H2,1H3. The number of halogens is 2. The highest BCUT2D eigenvalue weighted by Crippen LogP contribution is 2.24. The molecule has 0 unspecified atom stereocenters. The molecular formula is C12H11BrClNO2S2. The molecule has 19 heavy (non-hydrogen) atoms. The normalized spacial score (nSPS) is 12.0. The van der Waals surface area contributed by atoms with Crippen LogP contribution in [-0.2, 0) is 16.6 Å². The lowest BCUT2D eigenvalue weighted by molar-refractivity contribution is 0.467. The molecule has 0 aliphatic rings. The van der Waals surface area contributed by atoms with E-state index in [1.807, 2.05) is 11.4 Å². The maximum absolute atomic E-state index is 12.4. The lowest BCUT2D eigenvalue weighted by Crippen LogP contribution is -2.26. The predicted molar refractivity (Wildman–Crippen MR) is 82.1 cm³/mol. The molecule has 1 heterocycles. The lowest BCUT2D eigenvalue weighted by Gasteiger charge is -2.16. The number of hydrogen-bond acceptors (Lipinski definition) is 3. The second kappa shape index (κ2) is 5.93. The van der Waals surface area contributed by atoms with Crippen molar-refractivity contribution in [3.8, 4) is 0 Å². The van der Waals surface area contributed by atoms with Crippen molar-refractivity contribution in [2.45, 2.75) is 11.4 Å². The summed E-state index contributed by atoms with van der Waals surface area (Å²) in [5, 5.41) is 2.33. The average Bonchev–Trinajstić information content (AvgIpc) is 2.74. The molecule has 102 valence electrons. The van der Waals surface area contributed by atoms with Crippen molar-refractivity contribution in [2.24, 2.45) is 0 Å². The fourth-order valence-electron chi connectivity index (χ4n) is 1.58. The maximum atomic E-state index is 12.4. The number of sulfonamides is 1. The summed E-state index contributed by atoms with van der Waals surface area (Å²) in [7, 11) is -1.95. The van der Waals surface area contributed by atoms with Crippen molar-refractivity contribution in [2.75, 3.05) is 7.05 Å². The number of thiophene rings is 1. The van der Waals surface area contributed by atoms with Crippen LogP contribution in [0.5, 0.6) is 0 Å². The summed E-state index contributed by atoms with van der Waals surface area (Å²) in [6, 6.07) is 8.19. The average molecular weight is 381 g/mol. The Kier molecular flexibility index (Phi) is 4.68. The molecule has 0 N–H and O–H groups in total. The quantitative estimate of drug-likeness (QED) is 0.804. The van der Waals surface area contributed by atoms with Crippen LogP contribution in [-0.4, -0.2) is 19.8 Å². The van der Waals surface area contributed by atoms with E-state index < -0.39 is 10.0 Å². The van der Waals surface area contributed by atoms with E-state index in [2.05, 4.69) is 15.9 Å². The van der Waals surface area contributed by atoms with E-state index in [4.69, 9.17) is 11.6 Å². The SMILES string of the molecule is CN(Cc1csc(Br)c1)S(=O)(=O)c1cccc(Cl)c1. The highest BCUT2D eigenvalue weighted by Gasteiger charge is 2.21. The van der Waals surface area contributed by atoms with Gasteiger partial charge in [-0.3, -0.25) is 0 Å². The van der Waals surface area contributed by atoms with Crippen LogP contribution in [0.2, 0.25) is 5.02 Å². The second-order valence-corrected chi connectivity index (χ2v) is 8.75. The molecule has 3 nitrogen and oxygen atoms in total. The highest BCUT2D eigenvalue weighted by atomic mass is 79.9. The molecule has 1 aromatic heterocycles. The third-order valence-electron chi connectivity index (χ3n) is 2.53. The minimum atomic E-state index is -3.51. The van der Waals surface area contributed by atoms with Crippen molar-refractivity contribution < 1.29 is 8.42 Å². The van der Waals surface area contributed by atoms with E-state index in [-0.39, 0.29) is 4.90 Å². The Morgan fingerprint density at radius 3 is 2.68 bits per heavy atom. The van der Waals surface area contributed by atoms with Crippen LogP contribution < -0.4 is 0 Å². The molecule has 0 atom stereocenters. The first kappa shape index (κ1) is 15.0. The van der Waals surface area contributed by atoms with Crippen molar-refractivity contribution in [3.63, 3.8) is 0 Å². The van der Waals surface area contributed by atoms with Crippen molar-refractivity contribution in [3.05, 3.63) is 50.1 Å². The predicted octanol–water partition coefficient (Wildman–Crippen LogP) is 3.98. The molecule has 1 aromatic carbocycles. The monoisotopic (exact) mass is 379 g/mol. The Labute approximate surface area is 130 Å². The summed E-state index contributed by atoms with van der Waals surface area (Å²) in [5.74, 6) is 0. The molecule has 0 saturated heterocycles. The molecule has 0 amide bonds. The molecular weight excluding hydrogens is 370 g/mol. The van der Waals surface area contributed by atoms with Crippen LogP contribution in [0.15, 0.2) is 44.4 Å². The molecule has 0 radical (unpaired) electrons. The third-order valence-corrected chi connectivity index (χ3v) is 6.12. The van der Waals surface area contributed by atoms with E-state index in [1.165, 1.54) is 21.7 Å². The van der Waals surface area contributed by atoms with Gasteiger partial charge in [-0.05, 0) is 51.1 Å². The van der Waals surface area contributed by atoms with Gasteiger partial charge in [0.25, 0.3) is 0 Å². The number of hydrogen-bond donors (Lipinski definition) is 0. The Morgan fingerprint density at radius 2 is 2.11 bits per heavy atom. The van der Waals surface area contributed by atoms with Gasteiger partial charge in [0.1, 0.15) is 0 Å². The van der Waals surface area contributed by atoms with Crippen LogP contribution in [0, 0.1) is 0 Å². The summed E-state index contributed by atoms with van der Waals surface area (Å²) in [6.07, 6.45) is 0. The largest absolute Gasteiger partial charge is 0.243 e. The van der Waals surface area contributed by atoms with E-state index >= 15 is 0 Å². The van der Waals surface area contributed by atoms with Crippen LogP contribution in [0.4, 0.5) is 0 Å². The van der Waals surface area contributed by atoms with Gasteiger partial charge in [-0.1, -0.05) is 17.7 Å². The van der Waals surface area contributed by atoms with Crippen molar-refractivity contribution >= 4 is 48.9 Å². The smallest absolute Gasteiger partial charge is 0.207 e. The maximum Gasteiger partial charge on any atom is 0.243 e. The molecule has 2 rings (SSSR count). The fourth-order valence-corrected chi connectivity index (χ4v) is 4.24. The number of benzene rings is 1. The van der Waals surface area contributed by atoms with Crippen LogP contribution in [0.25, 0.3) is 0 Å². The summed E-state index contributed by atoms with van der Waals surface area (Å²) in [5.41, 5.74) is 0.949. The summed E-state index contributed by atoms with van der Waals surface area (Å²) in [6.45, 7) is 0.330. The zero-order chi connectivity index (χ0) is 14.0. The Morgan fingerprint density at radius 1 is 1.37 bits per heavy atom. The van der Waals surface area contributed by atoms with Gasteiger partial charge in [0.2, 0.25) is 10.0 Å².